The van der Waals surface area contributed by atoms with Gasteiger partial charge >= 0.3 is 5.97 Å². The normalized spacial score (nSPS) is 17.1. The largest absolute Gasteiger partial charge is 0.466 e. The number of ether oxygens (including phenoxy) is 1. The lowest BCUT2D eigenvalue weighted by Crippen LogP contribution is -2.28. The highest BCUT2D eigenvalue weighted by atomic mass is 35.5. The van der Waals surface area contributed by atoms with Gasteiger partial charge in [-0.3, -0.25) is 9.69 Å². The lowest BCUT2D eigenvalue weighted by Gasteiger charge is -2.27. The quantitative estimate of drug-likeness (QED) is 0.779. The van der Waals surface area contributed by atoms with Gasteiger partial charge in [-0.05, 0) is 50.6 Å². The van der Waals surface area contributed by atoms with Crippen LogP contribution >= 0.6 is 11.6 Å². The monoisotopic (exact) mass is 299 g/mol. The summed E-state index contributed by atoms with van der Waals surface area (Å²) in [7, 11) is 0. The predicted molar refractivity (Wildman–Crippen MR) is 76.2 cm³/mol. The van der Waals surface area contributed by atoms with Crippen LogP contribution in [0.25, 0.3) is 0 Å². The first kappa shape index (κ1) is 15.3. The molecule has 0 amide bonds. The molecule has 1 fully saturated rings. The maximum Gasteiger partial charge on any atom is 0.307 e. The summed E-state index contributed by atoms with van der Waals surface area (Å²) in [6.45, 7) is 4.05. The molecule has 0 bridgehead atoms. The highest BCUT2D eigenvalue weighted by Gasteiger charge is 2.26. The van der Waals surface area contributed by atoms with Crippen LogP contribution in [0.15, 0.2) is 18.2 Å². The van der Waals surface area contributed by atoms with E-state index in [2.05, 4.69) is 4.90 Å². The Morgan fingerprint density at radius 1 is 1.45 bits per heavy atom. The molecule has 0 spiro atoms. The summed E-state index contributed by atoms with van der Waals surface area (Å²) in [6, 6.07) is 4.57. The Bertz CT molecular complexity index is 475. The van der Waals surface area contributed by atoms with E-state index in [0.717, 1.165) is 31.5 Å². The fourth-order valence-corrected chi connectivity index (χ4v) is 2.80. The smallest absolute Gasteiger partial charge is 0.307 e. The highest BCUT2D eigenvalue weighted by Crippen LogP contribution is 2.30. The molecule has 1 heterocycles. The van der Waals surface area contributed by atoms with Crippen LogP contribution in [-0.2, 0) is 9.53 Å². The lowest BCUT2D eigenvalue weighted by atomic mass is 10.0. The SMILES string of the molecule is CCOC(=O)CC(c1ccc(F)c(Cl)c1)N1CCCC1. The summed E-state index contributed by atoms with van der Waals surface area (Å²) in [5, 5.41) is 0.0931. The molecule has 0 aliphatic carbocycles. The summed E-state index contributed by atoms with van der Waals surface area (Å²) >= 11 is 5.85. The van der Waals surface area contributed by atoms with Crippen LogP contribution in [0.4, 0.5) is 4.39 Å². The van der Waals surface area contributed by atoms with E-state index in [4.69, 9.17) is 16.3 Å². The fourth-order valence-electron chi connectivity index (χ4n) is 2.61. The molecule has 0 aromatic heterocycles. The first-order valence-electron chi connectivity index (χ1n) is 6.96. The van der Waals surface area contributed by atoms with Crippen molar-refractivity contribution in [2.24, 2.45) is 0 Å². The van der Waals surface area contributed by atoms with E-state index in [1.54, 1.807) is 19.1 Å². The maximum atomic E-state index is 13.3. The minimum absolute atomic E-state index is 0.0883. The molecule has 2 rings (SSSR count). The first-order chi connectivity index (χ1) is 9.61. The average molecular weight is 300 g/mol. The average Bonchev–Trinajstić information content (AvgIpc) is 2.93. The molecule has 1 aromatic rings. The van der Waals surface area contributed by atoms with Crippen molar-refractivity contribution in [1.82, 2.24) is 4.90 Å². The zero-order valence-electron chi connectivity index (χ0n) is 11.6. The third-order valence-corrected chi connectivity index (χ3v) is 3.86. The van der Waals surface area contributed by atoms with E-state index in [-0.39, 0.29) is 23.5 Å². The van der Waals surface area contributed by atoms with Crippen molar-refractivity contribution in [3.8, 4) is 0 Å². The van der Waals surface area contributed by atoms with Gasteiger partial charge in [0.25, 0.3) is 0 Å². The molecule has 0 radical (unpaired) electrons. The van der Waals surface area contributed by atoms with Gasteiger partial charge in [0.1, 0.15) is 5.82 Å². The van der Waals surface area contributed by atoms with E-state index in [0.29, 0.717) is 6.61 Å². The minimum atomic E-state index is -0.438. The van der Waals surface area contributed by atoms with Gasteiger partial charge in [0.15, 0.2) is 0 Å². The van der Waals surface area contributed by atoms with Crippen LogP contribution in [-0.4, -0.2) is 30.6 Å². The number of nitrogens with zero attached hydrogens (tertiary/aromatic N) is 1. The molecule has 1 aromatic carbocycles. The number of carbonyl (C=O) groups is 1. The number of hydrogen-bond acceptors (Lipinski definition) is 3. The van der Waals surface area contributed by atoms with Gasteiger partial charge in [-0.15, -0.1) is 0 Å². The molecule has 110 valence electrons. The van der Waals surface area contributed by atoms with Crippen molar-refractivity contribution < 1.29 is 13.9 Å². The van der Waals surface area contributed by atoms with E-state index < -0.39 is 5.82 Å². The van der Waals surface area contributed by atoms with Crippen LogP contribution in [0.2, 0.25) is 5.02 Å². The summed E-state index contributed by atoms with van der Waals surface area (Å²) in [5.41, 5.74) is 0.867. The van der Waals surface area contributed by atoms with Gasteiger partial charge in [0.05, 0.1) is 18.1 Å². The summed E-state index contributed by atoms with van der Waals surface area (Å²) in [4.78, 5) is 14.0. The first-order valence-corrected chi connectivity index (χ1v) is 7.34. The number of rotatable bonds is 5. The molecule has 3 nitrogen and oxygen atoms in total. The van der Waals surface area contributed by atoms with E-state index in [1.165, 1.54) is 6.07 Å². The Morgan fingerprint density at radius 3 is 2.75 bits per heavy atom. The van der Waals surface area contributed by atoms with Crippen LogP contribution in [0.3, 0.4) is 0 Å². The van der Waals surface area contributed by atoms with Crippen molar-refractivity contribution in [3.63, 3.8) is 0 Å². The van der Waals surface area contributed by atoms with Gasteiger partial charge in [-0.25, -0.2) is 4.39 Å². The zero-order chi connectivity index (χ0) is 14.5. The molecule has 20 heavy (non-hydrogen) atoms. The molecule has 1 aliphatic rings. The van der Waals surface area contributed by atoms with Crippen molar-refractivity contribution in [3.05, 3.63) is 34.6 Å². The van der Waals surface area contributed by atoms with Gasteiger partial charge < -0.3 is 4.74 Å². The van der Waals surface area contributed by atoms with Crippen molar-refractivity contribution >= 4 is 17.6 Å². The summed E-state index contributed by atoms with van der Waals surface area (Å²) < 4.78 is 18.3. The van der Waals surface area contributed by atoms with Crippen molar-refractivity contribution in [1.29, 1.82) is 0 Å². The lowest BCUT2D eigenvalue weighted by molar-refractivity contribution is -0.144. The second-order valence-electron chi connectivity index (χ2n) is 4.94. The summed E-state index contributed by atoms with van der Waals surface area (Å²) in [5.74, 6) is -0.670. The van der Waals surface area contributed by atoms with Gasteiger partial charge in [0, 0.05) is 6.04 Å². The maximum absolute atomic E-state index is 13.3. The summed E-state index contributed by atoms with van der Waals surface area (Å²) in [6.07, 6.45) is 2.51. The van der Waals surface area contributed by atoms with Crippen LogP contribution in [0.1, 0.15) is 37.8 Å². The second-order valence-corrected chi connectivity index (χ2v) is 5.35. The number of hydrogen-bond donors (Lipinski definition) is 0. The third-order valence-electron chi connectivity index (χ3n) is 3.58. The standard InChI is InChI=1S/C15H19ClFNO2/c1-2-20-15(19)10-14(18-7-3-4-8-18)11-5-6-13(17)12(16)9-11/h5-6,9,14H,2-4,7-8,10H2,1H3. The number of halogens is 2. The van der Waals surface area contributed by atoms with Gasteiger partial charge in [-0.1, -0.05) is 17.7 Å². The molecule has 0 saturated carbocycles. The van der Waals surface area contributed by atoms with Gasteiger partial charge in [-0.2, -0.15) is 0 Å². The Balaban J connectivity index is 2.20. The Hall–Kier alpha value is -1.13. The number of esters is 1. The van der Waals surface area contributed by atoms with Crippen molar-refractivity contribution in [2.75, 3.05) is 19.7 Å². The number of benzene rings is 1. The molecule has 0 N–H and O–H groups in total. The number of carbonyl (C=O) groups excluding carboxylic acids is 1. The van der Waals surface area contributed by atoms with Gasteiger partial charge in [0.2, 0.25) is 0 Å². The van der Waals surface area contributed by atoms with Crippen LogP contribution in [0.5, 0.6) is 0 Å². The molecular weight excluding hydrogens is 281 g/mol. The van der Waals surface area contributed by atoms with E-state index >= 15 is 0 Å². The Kier molecular flexibility index (Phi) is 5.38. The fraction of sp³-hybridized carbons (Fsp3) is 0.533. The highest BCUT2D eigenvalue weighted by molar-refractivity contribution is 6.30. The molecule has 5 heteroatoms. The topological polar surface area (TPSA) is 29.5 Å². The van der Waals surface area contributed by atoms with Crippen LogP contribution in [0, 0.1) is 5.82 Å². The molecule has 1 atom stereocenters. The minimum Gasteiger partial charge on any atom is -0.466 e. The molecule has 1 aliphatic heterocycles. The molecular formula is C15H19ClFNO2. The Labute approximate surface area is 123 Å². The van der Waals surface area contributed by atoms with Crippen LogP contribution < -0.4 is 0 Å². The zero-order valence-corrected chi connectivity index (χ0v) is 12.3. The van der Waals surface area contributed by atoms with E-state index in [9.17, 15) is 9.18 Å². The second kappa shape index (κ2) is 7.04. The molecule has 1 saturated heterocycles. The third kappa shape index (κ3) is 3.70. The Morgan fingerprint density at radius 2 is 2.15 bits per heavy atom. The van der Waals surface area contributed by atoms with Crippen molar-refractivity contribution in [2.45, 2.75) is 32.2 Å². The van der Waals surface area contributed by atoms with E-state index in [1.807, 2.05) is 0 Å². The predicted octanol–water partition coefficient (Wildman–Crippen LogP) is 3.57. The number of likely N-dealkylation sites (tertiary alicyclic amines) is 1. The molecule has 1 unspecified atom stereocenters.